The van der Waals surface area contributed by atoms with Crippen molar-refractivity contribution in [3.8, 4) is 22.8 Å². The van der Waals surface area contributed by atoms with Gasteiger partial charge in [0, 0.05) is 28.3 Å². The maximum absolute atomic E-state index is 6.35. The SMILES string of the molecule is COc1cc2c(cc1OC)C(c1cc(-c3cc(Cl)ccc3Cl)oc1C)=NCC2. The fourth-order valence-corrected chi connectivity index (χ4v) is 3.87. The minimum absolute atomic E-state index is 0.585. The maximum atomic E-state index is 6.35. The Bertz CT molecular complexity index is 1090. The lowest BCUT2D eigenvalue weighted by molar-refractivity contribution is 0.354. The molecule has 2 heterocycles. The number of aliphatic imine (C=N–C) groups is 1. The monoisotopic (exact) mass is 415 g/mol. The van der Waals surface area contributed by atoms with Crippen LogP contribution in [-0.4, -0.2) is 26.5 Å². The van der Waals surface area contributed by atoms with Crippen molar-refractivity contribution in [2.24, 2.45) is 4.99 Å². The summed E-state index contributed by atoms with van der Waals surface area (Å²) < 4.78 is 17.0. The first kappa shape index (κ1) is 18.9. The molecule has 0 bridgehead atoms. The van der Waals surface area contributed by atoms with Crippen LogP contribution in [0.1, 0.15) is 22.5 Å². The van der Waals surface area contributed by atoms with Crippen LogP contribution in [0.2, 0.25) is 10.0 Å². The van der Waals surface area contributed by atoms with Crippen LogP contribution in [0.4, 0.5) is 0 Å². The number of furan rings is 1. The summed E-state index contributed by atoms with van der Waals surface area (Å²) in [6, 6.07) is 11.3. The number of hydrogen-bond donors (Lipinski definition) is 0. The number of halogens is 2. The van der Waals surface area contributed by atoms with Crippen LogP contribution in [0, 0.1) is 6.92 Å². The van der Waals surface area contributed by atoms with Gasteiger partial charge in [-0.05, 0) is 55.3 Å². The average molecular weight is 416 g/mol. The first-order valence-electron chi connectivity index (χ1n) is 8.87. The molecule has 0 fully saturated rings. The molecular weight excluding hydrogens is 397 g/mol. The highest BCUT2D eigenvalue weighted by Gasteiger charge is 2.23. The normalized spacial score (nSPS) is 13.1. The van der Waals surface area contributed by atoms with E-state index >= 15 is 0 Å². The number of ether oxygens (including phenoxy) is 2. The zero-order valence-corrected chi connectivity index (χ0v) is 17.3. The number of aryl methyl sites for hydroxylation is 1. The van der Waals surface area contributed by atoms with Gasteiger partial charge in [0.25, 0.3) is 0 Å². The highest BCUT2D eigenvalue weighted by atomic mass is 35.5. The van der Waals surface area contributed by atoms with Crippen molar-refractivity contribution >= 4 is 28.9 Å². The van der Waals surface area contributed by atoms with Crippen LogP contribution < -0.4 is 9.47 Å². The van der Waals surface area contributed by atoms with E-state index in [1.165, 1.54) is 5.56 Å². The Morgan fingerprint density at radius 3 is 2.43 bits per heavy atom. The Morgan fingerprint density at radius 2 is 1.68 bits per heavy atom. The third kappa shape index (κ3) is 3.27. The number of methoxy groups -OCH3 is 2. The largest absolute Gasteiger partial charge is 0.493 e. The first-order chi connectivity index (χ1) is 13.5. The lowest BCUT2D eigenvalue weighted by Crippen LogP contribution is -2.15. The van der Waals surface area contributed by atoms with Crippen LogP contribution in [0.25, 0.3) is 11.3 Å². The van der Waals surface area contributed by atoms with Gasteiger partial charge in [-0.25, -0.2) is 0 Å². The summed E-state index contributed by atoms with van der Waals surface area (Å²) in [5.41, 5.74) is 4.77. The molecule has 4 nitrogen and oxygen atoms in total. The minimum atomic E-state index is 0.585. The third-order valence-electron chi connectivity index (χ3n) is 4.88. The molecule has 0 aliphatic carbocycles. The molecule has 0 unspecified atom stereocenters. The minimum Gasteiger partial charge on any atom is -0.493 e. The van der Waals surface area contributed by atoms with Gasteiger partial charge in [-0.2, -0.15) is 0 Å². The van der Waals surface area contributed by atoms with Crippen molar-refractivity contribution in [2.75, 3.05) is 20.8 Å². The van der Waals surface area contributed by atoms with E-state index in [1.54, 1.807) is 32.4 Å². The molecule has 4 rings (SSSR count). The predicted molar refractivity (Wildman–Crippen MR) is 113 cm³/mol. The summed E-state index contributed by atoms with van der Waals surface area (Å²) >= 11 is 12.5. The zero-order chi connectivity index (χ0) is 19.8. The van der Waals surface area contributed by atoms with Gasteiger partial charge in [0.1, 0.15) is 11.5 Å². The third-order valence-corrected chi connectivity index (χ3v) is 5.45. The van der Waals surface area contributed by atoms with Crippen LogP contribution in [0.15, 0.2) is 45.8 Å². The van der Waals surface area contributed by atoms with Crippen molar-refractivity contribution < 1.29 is 13.9 Å². The Hall–Kier alpha value is -2.43. The van der Waals surface area contributed by atoms with E-state index in [4.69, 9.17) is 42.1 Å². The van der Waals surface area contributed by atoms with Crippen molar-refractivity contribution in [2.45, 2.75) is 13.3 Å². The topological polar surface area (TPSA) is 44.0 Å². The van der Waals surface area contributed by atoms with E-state index in [9.17, 15) is 0 Å². The lowest BCUT2D eigenvalue weighted by atomic mass is 9.92. The summed E-state index contributed by atoms with van der Waals surface area (Å²) in [7, 11) is 3.27. The molecule has 1 aliphatic heterocycles. The zero-order valence-electron chi connectivity index (χ0n) is 15.8. The van der Waals surface area contributed by atoms with Gasteiger partial charge in [0.15, 0.2) is 11.5 Å². The molecule has 1 aromatic heterocycles. The molecule has 0 saturated heterocycles. The number of benzene rings is 2. The Balaban J connectivity index is 1.82. The first-order valence-corrected chi connectivity index (χ1v) is 9.63. The second-order valence-corrected chi connectivity index (χ2v) is 7.39. The van der Waals surface area contributed by atoms with E-state index in [2.05, 4.69) is 0 Å². The molecule has 0 radical (unpaired) electrons. The van der Waals surface area contributed by atoms with Crippen molar-refractivity contribution in [3.05, 3.63) is 68.9 Å². The van der Waals surface area contributed by atoms with Gasteiger partial charge in [-0.1, -0.05) is 23.2 Å². The summed E-state index contributed by atoms with van der Waals surface area (Å²) in [6.07, 6.45) is 0.850. The van der Waals surface area contributed by atoms with Crippen LogP contribution in [-0.2, 0) is 6.42 Å². The van der Waals surface area contributed by atoms with Gasteiger partial charge < -0.3 is 13.9 Å². The van der Waals surface area contributed by atoms with Crippen molar-refractivity contribution in [3.63, 3.8) is 0 Å². The molecule has 0 N–H and O–H groups in total. The Labute approximate surface area is 173 Å². The Kier molecular flexibility index (Phi) is 5.09. The van der Waals surface area contributed by atoms with Crippen molar-refractivity contribution in [1.29, 1.82) is 0 Å². The molecule has 0 spiro atoms. The smallest absolute Gasteiger partial charge is 0.161 e. The van der Waals surface area contributed by atoms with Gasteiger partial charge in [0.05, 0.1) is 25.0 Å². The molecule has 1 aliphatic rings. The van der Waals surface area contributed by atoms with Gasteiger partial charge in [-0.3, -0.25) is 4.99 Å². The summed E-state index contributed by atoms with van der Waals surface area (Å²) in [5, 5.41) is 1.19. The van der Waals surface area contributed by atoms with E-state index in [0.29, 0.717) is 28.1 Å². The molecule has 0 atom stereocenters. The second kappa shape index (κ2) is 7.53. The van der Waals surface area contributed by atoms with E-state index in [-0.39, 0.29) is 0 Å². The standard InChI is InChI=1S/C22H19Cl2NO3/c1-12-15(10-19(28-12)17-9-14(23)4-5-18(17)24)22-16-11-21(27-3)20(26-2)8-13(16)6-7-25-22/h4-5,8-11H,6-7H2,1-3H3. The lowest BCUT2D eigenvalue weighted by Gasteiger charge is -2.19. The maximum Gasteiger partial charge on any atom is 0.161 e. The quantitative estimate of drug-likeness (QED) is 0.526. The highest BCUT2D eigenvalue weighted by Crippen LogP contribution is 2.37. The molecule has 2 aromatic carbocycles. The summed E-state index contributed by atoms with van der Waals surface area (Å²) in [5.74, 6) is 2.83. The molecule has 0 amide bonds. The predicted octanol–water partition coefficient (Wildman–Crippen LogP) is 5.97. The molecule has 144 valence electrons. The summed E-state index contributed by atoms with van der Waals surface area (Å²) in [6.45, 7) is 2.63. The number of rotatable bonds is 4. The molecule has 0 saturated carbocycles. The second-order valence-electron chi connectivity index (χ2n) is 6.55. The molecule has 6 heteroatoms. The fraction of sp³-hybridized carbons (Fsp3) is 0.227. The molecule has 3 aromatic rings. The van der Waals surface area contributed by atoms with Gasteiger partial charge >= 0.3 is 0 Å². The van der Waals surface area contributed by atoms with Crippen LogP contribution in [0.5, 0.6) is 11.5 Å². The van der Waals surface area contributed by atoms with Crippen LogP contribution >= 0.6 is 23.2 Å². The van der Waals surface area contributed by atoms with E-state index in [0.717, 1.165) is 40.3 Å². The van der Waals surface area contributed by atoms with Crippen LogP contribution in [0.3, 0.4) is 0 Å². The highest BCUT2D eigenvalue weighted by molar-refractivity contribution is 6.35. The van der Waals surface area contributed by atoms with E-state index < -0.39 is 0 Å². The van der Waals surface area contributed by atoms with Crippen molar-refractivity contribution in [1.82, 2.24) is 0 Å². The van der Waals surface area contributed by atoms with E-state index in [1.807, 2.05) is 25.1 Å². The number of nitrogens with zero attached hydrogens (tertiary/aromatic N) is 1. The van der Waals surface area contributed by atoms with Gasteiger partial charge in [0.2, 0.25) is 0 Å². The number of hydrogen-bond acceptors (Lipinski definition) is 4. The fourth-order valence-electron chi connectivity index (χ4n) is 3.49. The molecule has 28 heavy (non-hydrogen) atoms. The molecular formula is C22H19Cl2NO3. The summed E-state index contributed by atoms with van der Waals surface area (Å²) in [4.78, 5) is 4.78. The van der Waals surface area contributed by atoms with Gasteiger partial charge in [-0.15, -0.1) is 0 Å². The average Bonchev–Trinajstić information content (AvgIpc) is 3.09. The Morgan fingerprint density at radius 1 is 0.929 bits per heavy atom. The number of fused-ring (bicyclic) bond motifs is 1.